The highest BCUT2D eigenvalue weighted by molar-refractivity contribution is 7.89. The van der Waals surface area contributed by atoms with Gasteiger partial charge in [-0.1, -0.05) is 26.7 Å². The van der Waals surface area contributed by atoms with Gasteiger partial charge in [-0.15, -0.1) is 0 Å². The number of aryl methyl sites for hydroxylation is 4. The van der Waals surface area contributed by atoms with E-state index in [1.807, 2.05) is 0 Å². The smallest absolute Gasteiger partial charge is 0.171 e. The molecule has 0 spiro atoms. The first kappa shape index (κ1) is 30.1. The quantitative estimate of drug-likeness (QED) is 0.394. The lowest BCUT2D eigenvalue weighted by atomic mass is 10.3. The number of aromatic nitrogens is 2. The zero-order chi connectivity index (χ0) is 24.6. The minimum atomic E-state index is -4.59. The minimum Gasteiger partial charge on any atom is -0.748 e. The highest BCUT2D eigenvalue weighted by Gasteiger charge is 2.00. The van der Waals surface area contributed by atoms with Gasteiger partial charge in [0.2, 0.25) is 0 Å². The van der Waals surface area contributed by atoms with Crippen LogP contribution in [0.15, 0.2) is 49.1 Å². The molecule has 0 saturated heterocycles. The van der Waals surface area contributed by atoms with E-state index < -0.39 is 31.7 Å². The lowest BCUT2D eigenvalue weighted by Gasteiger charge is -2.08. The van der Waals surface area contributed by atoms with Gasteiger partial charge in [0.1, 0.15) is 13.1 Å². The van der Waals surface area contributed by atoms with Crippen molar-refractivity contribution in [2.24, 2.45) is 0 Å². The van der Waals surface area contributed by atoms with Crippen molar-refractivity contribution in [3.05, 3.63) is 60.2 Å². The summed E-state index contributed by atoms with van der Waals surface area (Å²) in [4.78, 5) is 0. The lowest BCUT2D eigenvalue weighted by Crippen LogP contribution is -2.32. The van der Waals surface area contributed by atoms with Gasteiger partial charge in [-0.2, -0.15) is 0 Å². The molecule has 0 radical (unpaired) electrons. The molecule has 2 aromatic rings. The summed E-state index contributed by atoms with van der Waals surface area (Å²) in [6.45, 7) is 11.0. The molecule has 0 aromatic carbocycles. The zero-order valence-corrected chi connectivity index (χ0v) is 21.1. The van der Waals surface area contributed by atoms with Crippen molar-refractivity contribution in [1.29, 1.82) is 0 Å². The Balaban J connectivity index is 0.000000452. The van der Waals surface area contributed by atoms with Crippen LogP contribution in [0.4, 0.5) is 0 Å². The lowest BCUT2D eigenvalue weighted by molar-refractivity contribution is -0.697. The van der Waals surface area contributed by atoms with Crippen LogP contribution in [0.3, 0.4) is 0 Å². The van der Waals surface area contributed by atoms with Gasteiger partial charge in [0.05, 0.1) is 31.7 Å². The van der Waals surface area contributed by atoms with E-state index in [1.165, 1.54) is 36.8 Å². The minimum absolute atomic E-state index is 1.15. The molecule has 2 heterocycles. The highest BCUT2D eigenvalue weighted by Crippen LogP contribution is 1.92. The molecule has 0 aliphatic carbocycles. The third-order valence-corrected chi connectivity index (χ3v) is 5.80. The number of unbranched alkanes of at least 4 members (excludes halogenated alkanes) is 2. The van der Waals surface area contributed by atoms with Crippen molar-refractivity contribution in [2.45, 2.75) is 66.5 Å². The van der Waals surface area contributed by atoms with Crippen LogP contribution in [0.25, 0.3) is 0 Å². The van der Waals surface area contributed by atoms with Crippen molar-refractivity contribution in [2.75, 3.05) is 11.5 Å². The SMILES string of the molecule is CCCC[n+]1cccc(C)c1.CCCC[n+]1cccc(C)c1.O=S(=O)([O-])CCS(=O)(=O)[O-]. The topological polar surface area (TPSA) is 122 Å². The number of hydrogen-bond acceptors (Lipinski definition) is 6. The Morgan fingerprint density at radius 1 is 0.719 bits per heavy atom. The van der Waals surface area contributed by atoms with Crippen LogP contribution in [0.1, 0.15) is 50.7 Å². The summed E-state index contributed by atoms with van der Waals surface area (Å²) < 4.78 is 62.8. The number of pyridine rings is 2. The summed E-state index contributed by atoms with van der Waals surface area (Å²) in [7, 11) is -9.17. The van der Waals surface area contributed by atoms with Crippen LogP contribution < -0.4 is 9.13 Å². The van der Waals surface area contributed by atoms with Gasteiger partial charge in [-0.3, -0.25) is 0 Å². The molecule has 0 saturated carbocycles. The first-order valence-corrected chi connectivity index (χ1v) is 13.8. The summed E-state index contributed by atoms with van der Waals surface area (Å²) in [5, 5.41) is 0. The molecule has 0 bridgehead atoms. The van der Waals surface area contributed by atoms with E-state index in [2.05, 4.69) is 85.9 Å². The molecule has 0 atom stereocenters. The predicted molar refractivity (Wildman–Crippen MR) is 122 cm³/mol. The van der Waals surface area contributed by atoms with Gasteiger partial charge < -0.3 is 9.11 Å². The Morgan fingerprint density at radius 3 is 1.31 bits per heavy atom. The Hall–Kier alpha value is -1.88. The molecule has 0 fully saturated rings. The third-order valence-electron chi connectivity index (χ3n) is 4.14. The molecule has 0 N–H and O–H groups in total. The number of rotatable bonds is 9. The molecule has 2 rings (SSSR count). The van der Waals surface area contributed by atoms with Gasteiger partial charge in [0.25, 0.3) is 0 Å². The number of hydrogen-bond donors (Lipinski definition) is 0. The molecule has 10 heteroatoms. The van der Waals surface area contributed by atoms with Crippen LogP contribution in [0, 0.1) is 13.8 Å². The standard InChI is InChI=1S/2C10H16N.C2H6O6S2/c2*1-3-4-7-11-8-5-6-10(2)9-11;3-9(4,5)1-2-10(6,7)8/h2*5-6,8-9H,3-4,7H2,1-2H3;1-2H2,(H,3,4,5)(H,6,7,8)/q2*+1;/p-2. The molecule has 0 aliphatic heterocycles. The van der Waals surface area contributed by atoms with Gasteiger partial charge in [-0.25, -0.2) is 26.0 Å². The van der Waals surface area contributed by atoms with Crippen molar-refractivity contribution >= 4 is 20.2 Å². The fourth-order valence-electron chi connectivity index (χ4n) is 2.47. The van der Waals surface area contributed by atoms with Crippen LogP contribution in [0.2, 0.25) is 0 Å². The molecular formula is C22H36N2O6S2. The predicted octanol–water partition coefficient (Wildman–Crippen LogP) is 2.24. The summed E-state index contributed by atoms with van der Waals surface area (Å²) in [6, 6.07) is 8.46. The molecule has 32 heavy (non-hydrogen) atoms. The summed E-state index contributed by atoms with van der Waals surface area (Å²) in [5.41, 5.74) is 2.67. The average molecular weight is 489 g/mol. The maximum absolute atomic E-state index is 9.72. The Kier molecular flexibility index (Phi) is 14.9. The fraction of sp³-hybridized carbons (Fsp3) is 0.545. The van der Waals surface area contributed by atoms with E-state index >= 15 is 0 Å². The second kappa shape index (κ2) is 15.8. The zero-order valence-electron chi connectivity index (χ0n) is 19.4. The van der Waals surface area contributed by atoms with Crippen molar-refractivity contribution in [3.63, 3.8) is 0 Å². The van der Waals surface area contributed by atoms with Crippen molar-refractivity contribution in [3.8, 4) is 0 Å². The molecule has 0 amide bonds. The van der Waals surface area contributed by atoms with Crippen LogP contribution in [-0.2, 0) is 33.3 Å². The molecule has 0 unspecified atom stereocenters. The van der Waals surface area contributed by atoms with Crippen molar-refractivity contribution in [1.82, 2.24) is 0 Å². The van der Waals surface area contributed by atoms with E-state index in [-0.39, 0.29) is 0 Å². The maximum atomic E-state index is 9.72. The highest BCUT2D eigenvalue weighted by atomic mass is 32.2. The van der Waals surface area contributed by atoms with Gasteiger partial charge in [0.15, 0.2) is 24.8 Å². The van der Waals surface area contributed by atoms with E-state index in [4.69, 9.17) is 0 Å². The van der Waals surface area contributed by atoms with Crippen LogP contribution in [-0.4, -0.2) is 37.4 Å². The van der Waals surface area contributed by atoms with Gasteiger partial charge in [0, 0.05) is 36.1 Å². The van der Waals surface area contributed by atoms with Gasteiger partial charge >= 0.3 is 0 Å². The first-order valence-electron chi connectivity index (χ1n) is 10.6. The Morgan fingerprint density at radius 2 is 1.06 bits per heavy atom. The Bertz CT molecular complexity index is 911. The number of nitrogens with zero attached hydrogens (tertiary/aromatic N) is 2. The summed E-state index contributed by atoms with van der Waals surface area (Å²) in [5.74, 6) is -2.31. The van der Waals surface area contributed by atoms with E-state index in [0.717, 1.165) is 13.1 Å². The normalized spacial score (nSPS) is 11.1. The third kappa shape index (κ3) is 18.9. The van der Waals surface area contributed by atoms with Crippen molar-refractivity contribution < 1.29 is 35.1 Å². The molecule has 182 valence electrons. The molecule has 8 nitrogen and oxygen atoms in total. The summed E-state index contributed by atoms with van der Waals surface area (Å²) >= 11 is 0. The molecule has 0 aliphatic rings. The van der Waals surface area contributed by atoms with E-state index in [9.17, 15) is 25.9 Å². The molecular weight excluding hydrogens is 452 g/mol. The summed E-state index contributed by atoms with van der Waals surface area (Å²) in [6.07, 6.45) is 13.7. The maximum Gasteiger partial charge on any atom is 0.171 e. The van der Waals surface area contributed by atoms with Gasteiger partial charge in [-0.05, 0) is 26.0 Å². The van der Waals surface area contributed by atoms with E-state index in [1.54, 1.807) is 0 Å². The van der Waals surface area contributed by atoms with Crippen LogP contribution in [0.5, 0.6) is 0 Å². The fourth-order valence-corrected chi connectivity index (χ4v) is 4.10. The first-order chi connectivity index (χ1) is 14.9. The second-order valence-corrected chi connectivity index (χ2v) is 10.5. The van der Waals surface area contributed by atoms with E-state index in [0.29, 0.717) is 0 Å². The largest absolute Gasteiger partial charge is 0.748 e. The Labute approximate surface area is 193 Å². The van der Waals surface area contributed by atoms with Crippen LogP contribution >= 0.6 is 0 Å². The monoisotopic (exact) mass is 488 g/mol. The molecule has 2 aromatic heterocycles. The average Bonchev–Trinajstić information content (AvgIpc) is 2.69. The second-order valence-electron chi connectivity index (χ2n) is 7.47.